The Morgan fingerprint density at radius 1 is 1.10 bits per heavy atom. The van der Waals surface area contributed by atoms with Crippen LogP contribution in [0.1, 0.15) is 23.1 Å². The van der Waals surface area contributed by atoms with Crippen LogP contribution >= 0.6 is 0 Å². The van der Waals surface area contributed by atoms with E-state index < -0.39 is 6.43 Å². The second-order valence-corrected chi connectivity index (χ2v) is 4.88. The molecule has 0 aromatic heterocycles. The van der Waals surface area contributed by atoms with E-state index in [0.717, 1.165) is 11.3 Å². The maximum atomic E-state index is 12.4. The number of halogens is 2. The summed E-state index contributed by atoms with van der Waals surface area (Å²) in [5, 5.41) is 3.22. The van der Waals surface area contributed by atoms with Gasteiger partial charge in [-0.3, -0.25) is 0 Å². The largest absolute Gasteiger partial charge is 0.492 e. The van der Waals surface area contributed by atoms with Gasteiger partial charge in [-0.25, -0.2) is 8.78 Å². The Balaban J connectivity index is 1.67. The van der Waals surface area contributed by atoms with E-state index in [4.69, 9.17) is 4.74 Å². The van der Waals surface area contributed by atoms with Crippen molar-refractivity contribution in [2.75, 3.05) is 13.2 Å². The molecule has 0 spiro atoms. The molecular weight excluding hydrogens is 272 g/mol. The van der Waals surface area contributed by atoms with Crippen molar-refractivity contribution < 1.29 is 13.5 Å². The van der Waals surface area contributed by atoms with Crippen molar-refractivity contribution >= 4 is 0 Å². The van der Waals surface area contributed by atoms with Crippen molar-refractivity contribution in [2.45, 2.75) is 19.9 Å². The maximum Gasteiger partial charge on any atom is 0.263 e. The lowest BCUT2D eigenvalue weighted by molar-refractivity contribution is 0.151. The highest BCUT2D eigenvalue weighted by Gasteiger charge is 2.05. The quantitative estimate of drug-likeness (QED) is 0.775. The molecule has 2 aromatic carbocycles. The third kappa shape index (κ3) is 5.16. The fourth-order valence-corrected chi connectivity index (χ4v) is 1.96. The highest BCUT2D eigenvalue weighted by molar-refractivity contribution is 5.27. The first-order chi connectivity index (χ1) is 10.1. The first-order valence-corrected chi connectivity index (χ1v) is 6.92. The van der Waals surface area contributed by atoms with E-state index in [9.17, 15) is 8.78 Å². The van der Waals surface area contributed by atoms with Crippen LogP contribution in [0.15, 0.2) is 48.5 Å². The van der Waals surface area contributed by atoms with Gasteiger partial charge in [-0.15, -0.1) is 0 Å². The molecule has 2 aromatic rings. The predicted molar refractivity (Wildman–Crippen MR) is 79.8 cm³/mol. The lowest BCUT2D eigenvalue weighted by atomic mass is 10.1. The molecule has 0 radical (unpaired) electrons. The highest BCUT2D eigenvalue weighted by atomic mass is 19.3. The van der Waals surface area contributed by atoms with Gasteiger partial charge in [-0.1, -0.05) is 36.4 Å². The molecule has 2 nitrogen and oxygen atoms in total. The summed E-state index contributed by atoms with van der Waals surface area (Å²) in [4.78, 5) is 0. The van der Waals surface area contributed by atoms with E-state index in [1.165, 1.54) is 17.7 Å². The standard InChI is InChI=1S/C17H19F2NO/c1-13-3-2-4-16(11-13)21-10-9-20-12-14-5-7-15(8-6-14)17(18)19/h2-8,11,17,20H,9-10,12H2,1H3. The number of benzene rings is 2. The van der Waals surface area contributed by atoms with Crippen LogP contribution in [0.4, 0.5) is 8.78 Å². The Hall–Kier alpha value is -1.94. The monoisotopic (exact) mass is 291 g/mol. The predicted octanol–water partition coefficient (Wildman–Crippen LogP) is 4.10. The van der Waals surface area contributed by atoms with E-state index in [1.807, 2.05) is 31.2 Å². The van der Waals surface area contributed by atoms with Gasteiger partial charge in [0, 0.05) is 18.7 Å². The smallest absolute Gasteiger partial charge is 0.263 e. The summed E-state index contributed by atoms with van der Waals surface area (Å²) in [6.45, 7) is 3.93. The average Bonchev–Trinajstić information content (AvgIpc) is 2.47. The van der Waals surface area contributed by atoms with Gasteiger partial charge in [0.25, 0.3) is 6.43 Å². The zero-order valence-electron chi connectivity index (χ0n) is 12.0. The van der Waals surface area contributed by atoms with Crippen LogP contribution < -0.4 is 10.1 Å². The Morgan fingerprint density at radius 3 is 2.52 bits per heavy atom. The summed E-state index contributed by atoms with van der Waals surface area (Å²) in [5.74, 6) is 0.859. The molecule has 0 bridgehead atoms. The SMILES string of the molecule is Cc1cccc(OCCNCc2ccc(C(F)F)cc2)c1. The van der Waals surface area contributed by atoms with Gasteiger partial charge in [0.05, 0.1) is 0 Å². The maximum absolute atomic E-state index is 12.4. The minimum atomic E-state index is -2.41. The van der Waals surface area contributed by atoms with Crippen molar-refractivity contribution in [1.82, 2.24) is 5.32 Å². The van der Waals surface area contributed by atoms with Gasteiger partial charge < -0.3 is 10.1 Å². The summed E-state index contributed by atoms with van der Waals surface area (Å²) in [6, 6.07) is 14.3. The molecule has 0 atom stereocenters. The topological polar surface area (TPSA) is 21.3 Å². The first kappa shape index (κ1) is 15.4. The zero-order chi connectivity index (χ0) is 15.1. The fourth-order valence-electron chi connectivity index (χ4n) is 1.96. The number of ether oxygens (including phenoxy) is 1. The summed E-state index contributed by atoms with van der Waals surface area (Å²) < 4.78 is 30.4. The number of hydrogen-bond donors (Lipinski definition) is 1. The molecule has 0 saturated heterocycles. The van der Waals surface area contributed by atoms with Crippen molar-refractivity contribution in [3.8, 4) is 5.75 Å². The fraction of sp³-hybridized carbons (Fsp3) is 0.294. The number of nitrogens with one attached hydrogen (secondary N) is 1. The lowest BCUT2D eigenvalue weighted by Crippen LogP contribution is -2.20. The van der Waals surface area contributed by atoms with Crippen molar-refractivity contribution in [3.63, 3.8) is 0 Å². The van der Waals surface area contributed by atoms with Crippen LogP contribution in [0.3, 0.4) is 0 Å². The van der Waals surface area contributed by atoms with Crippen molar-refractivity contribution in [2.24, 2.45) is 0 Å². The minimum Gasteiger partial charge on any atom is -0.492 e. The molecule has 112 valence electrons. The molecule has 21 heavy (non-hydrogen) atoms. The molecule has 0 aliphatic carbocycles. The van der Waals surface area contributed by atoms with E-state index in [-0.39, 0.29) is 5.56 Å². The summed E-state index contributed by atoms with van der Waals surface area (Å²) in [6.07, 6.45) is -2.41. The van der Waals surface area contributed by atoms with Gasteiger partial charge in [-0.05, 0) is 30.2 Å². The number of alkyl halides is 2. The third-order valence-corrected chi connectivity index (χ3v) is 3.10. The normalized spacial score (nSPS) is 10.9. The van der Waals surface area contributed by atoms with Crippen LogP contribution in [0.5, 0.6) is 5.75 Å². The van der Waals surface area contributed by atoms with Crippen LogP contribution in [-0.2, 0) is 6.54 Å². The summed E-state index contributed by atoms with van der Waals surface area (Å²) >= 11 is 0. The molecule has 0 heterocycles. The van der Waals surface area contributed by atoms with E-state index >= 15 is 0 Å². The summed E-state index contributed by atoms with van der Waals surface area (Å²) in [5.41, 5.74) is 2.20. The van der Waals surface area contributed by atoms with Gasteiger partial charge in [-0.2, -0.15) is 0 Å². The van der Waals surface area contributed by atoms with E-state index in [1.54, 1.807) is 12.1 Å². The first-order valence-electron chi connectivity index (χ1n) is 6.92. The van der Waals surface area contributed by atoms with Crippen LogP contribution in [0.25, 0.3) is 0 Å². The van der Waals surface area contributed by atoms with Crippen molar-refractivity contribution in [1.29, 1.82) is 0 Å². The Bertz CT molecular complexity index is 555. The second-order valence-electron chi connectivity index (χ2n) is 4.88. The van der Waals surface area contributed by atoms with Crippen LogP contribution in [-0.4, -0.2) is 13.2 Å². The zero-order valence-corrected chi connectivity index (χ0v) is 12.0. The highest BCUT2D eigenvalue weighted by Crippen LogP contribution is 2.18. The van der Waals surface area contributed by atoms with Gasteiger partial charge in [0.1, 0.15) is 12.4 Å². The van der Waals surface area contributed by atoms with E-state index in [2.05, 4.69) is 5.32 Å². The number of rotatable bonds is 7. The van der Waals surface area contributed by atoms with Crippen LogP contribution in [0, 0.1) is 6.92 Å². The van der Waals surface area contributed by atoms with Gasteiger partial charge in [0.2, 0.25) is 0 Å². The molecule has 0 unspecified atom stereocenters. The molecule has 0 amide bonds. The van der Waals surface area contributed by atoms with Gasteiger partial charge in [0.15, 0.2) is 0 Å². The molecule has 4 heteroatoms. The van der Waals surface area contributed by atoms with Crippen LogP contribution in [0.2, 0.25) is 0 Å². The van der Waals surface area contributed by atoms with E-state index in [0.29, 0.717) is 19.7 Å². The molecular formula is C17H19F2NO. The number of aryl methyl sites for hydroxylation is 1. The molecule has 0 aliphatic rings. The molecule has 1 N–H and O–H groups in total. The summed E-state index contributed by atoms with van der Waals surface area (Å²) in [7, 11) is 0. The molecule has 0 saturated carbocycles. The second kappa shape index (κ2) is 7.74. The van der Waals surface area contributed by atoms with Gasteiger partial charge >= 0.3 is 0 Å². The molecule has 0 fully saturated rings. The van der Waals surface area contributed by atoms with Crippen molar-refractivity contribution in [3.05, 3.63) is 65.2 Å². The minimum absolute atomic E-state index is 0.0570. The Kier molecular flexibility index (Phi) is 5.69. The number of hydrogen-bond acceptors (Lipinski definition) is 2. The Labute approximate surface area is 123 Å². The molecule has 0 aliphatic heterocycles. The molecule has 2 rings (SSSR count). The lowest BCUT2D eigenvalue weighted by Gasteiger charge is -2.08. The average molecular weight is 291 g/mol. The third-order valence-electron chi connectivity index (χ3n) is 3.10. The Morgan fingerprint density at radius 2 is 1.86 bits per heavy atom.